The molecule has 166 valence electrons. The van der Waals surface area contributed by atoms with Crippen LogP contribution in [0.5, 0.6) is 0 Å². The van der Waals surface area contributed by atoms with Gasteiger partial charge in [-0.1, -0.05) is 6.92 Å². The molecule has 30 heavy (non-hydrogen) atoms. The average Bonchev–Trinajstić information content (AvgIpc) is 3.32. The second-order valence-corrected chi connectivity index (χ2v) is 10.5. The number of nitrogens with one attached hydrogen (secondary N) is 1. The summed E-state index contributed by atoms with van der Waals surface area (Å²) >= 11 is 0. The van der Waals surface area contributed by atoms with E-state index in [1.807, 2.05) is 6.92 Å². The summed E-state index contributed by atoms with van der Waals surface area (Å²) in [7, 11) is -0.740. The molecule has 4 atom stereocenters. The van der Waals surface area contributed by atoms with Gasteiger partial charge in [0.15, 0.2) is 0 Å². The average molecular weight is 444 g/mol. The Kier molecular flexibility index (Phi) is 5.96. The maximum absolute atomic E-state index is 13.5. The number of rotatable bonds is 4. The molecule has 1 aromatic heterocycles. The molecule has 0 spiro atoms. The maximum atomic E-state index is 13.5. The van der Waals surface area contributed by atoms with Crippen LogP contribution in [0.15, 0.2) is 12.3 Å². The van der Waals surface area contributed by atoms with Crippen LogP contribution in [0.4, 0.5) is 13.2 Å². The standard InChI is InChI=1S/C21H28F3N3O2S/c1-2-20(6-3-16(10-20)26-17-5-8-30(29)13-17)19(28)27-7-4-18-14(12-27)9-15(11-25-18)21(22,23)24/h9,11,16-17,26H,2-8,10,12-13H2,1H3/t16?,17-,20?,30?/m1/s1. The second kappa shape index (κ2) is 8.22. The first-order chi connectivity index (χ1) is 14.2. The number of carbonyl (C=O) groups excluding carboxylic acids is 1. The van der Waals surface area contributed by atoms with Gasteiger partial charge in [-0.25, -0.2) is 0 Å². The van der Waals surface area contributed by atoms with Crippen molar-refractivity contribution in [2.45, 2.75) is 70.3 Å². The fourth-order valence-electron chi connectivity index (χ4n) is 5.15. The fourth-order valence-corrected chi connectivity index (χ4v) is 6.58. The van der Waals surface area contributed by atoms with Crippen molar-refractivity contribution in [3.8, 4) is 0 Å². The lowest BCUT2D eigenvalue weighted by atomic mass is 9.81. The number of hydrogen-bond donors (Lipinski definition) is 1. The van der Waals surface area contributed by atoms with Gasteiger partial charge in [-0.15, -0.1) is 0 Å². The number of pyridine rings is 1. The van der Waals surface area contributed by atoms with Gasteiger partial charge in [0.05, 0.1) is 11.0 Å². The van der Waals surface area contributed by atoms with Crippen LogP contribution in [0, 0.1) is 5.41 Å². The van der Waals surface area contributed by atoms with Crippen LogP contribution in [-0.4, -0.2) is 50.1 Å². The number of amides is 1. The molecule has 9 heteroatoms. The number of nitrogens with zero attached hydrogens (tertiary/aromatic N) is 2. The molecule has 0 radical (unpaired) electrons. The summed E-state index contributed by atoms with van der Waals surface area (Å²) in [5.41, 5.74) is -0.0865. The van der Waals surface area contributed by atoms with Crippen LogP contribution in [0.1, 0.15) is 55.8 Å². The molecular weight excluding hydrogens is 415 g/mol. The highest BCUT2D eigenvalue weighted by Crippen LogP contribution is 2.44. The van der Waals surface area contributed by atoms with Crippen LogP contribution in [0.3, 0.4) is 0 Å². The van der Waals surface area contributed by atoms with E-state index in [0.29, 0.717) is 36.4 Å². The predicted octanol–water partition coefficient (Wildman–Crippen LogP) is 3.04. The second-order valence-electron chi connectivity index (χ2n) is 8.84. The molecule has 1 amide bonds. The Balaban J connectivity index is 1.45. The van der Waals surface area contributed by atoms with Crippen molar-refractivity contribution >= 4 is 16.7 Å². The predicted molar refractivity (Wildman–Crippen MR) is 108 cm³/mol. The van der Waals surface area contributed by atoms with Gasteiger partial charge in [-0.05, 0) is 43.7 Å². The van der Waals surface area contributed by atoms with Crippen LogP contribution in [0.2, 0.25) is 0 Å². The summed E-state index contributed by atoms with van der Waals surface area (Å²) in [4.78, 5) is 19.2. The molecule has 1 N–H and O–H groups in total. The van der Waals surface area contributed by atoms with E-state index < -0.39 is 28.0 Å². The lowest BCUT2D eigenvalue weighted by Gasteiger charge is -2.37. The van der Waals surface area contributed by atoms with E-state index in [0.717, 1.165) is 43.7 Å². The number of halogens is 3. The molecule has 0 bridgehead atoms. The third-order valence-electron chi connectivity index (χ3n) is 6.95. The van der Waals surface area contributed by atoms with E-state index in [2.05, 4.69) is 10.3 Å². The zero-order chi connectivity index (χ0) is 21.5. The number of alkyl halides is 3. The Morgan fingerprint density at radius 1 is 1.37 bits per heavy atom. The van der Waals surface area contributed by atoms with Gasteiger partial charge in [-0.2, -0.15) is 13.2 Å². The van der Waals surface area contributed by atoms with Crippen molar-refractivity contribution in [1.29, 1.82) is 0 Å². The molecule has 3 unspecified atom stereocenters. The molecule has 3 aliphatic rings. The Bertz CT molecular complexity index is 847. The highest BCUT2D eigenvalue weighted by molar-refractivity contribution is 7.85. The van der Waals surface area contributed by atoms with Gasteiger partial charge < -0.3 is 10.2 Å². The quantitative estimate of drug-likeness (QED) is 0.777. The summed E-state index contributed by atoms with van der Waals surface area (Å²) < 4.78 is 50.8. The van der Waals surface area contributed by atoms with Crippen molar-refractivity contribution in [3.63, 3.8) is 0 Å². The first-order valence-corrected chi connectivity index (χ1v) is 12.1. The largest absolute Gasteiger partial charge is 0.417 e. The zero-order valence-electron chi connectivity index (χ0n) is 17.1. The van der Waals surface area contributed by atoms with Gasteiger partial charge in [0.1, 0.15) is 0 Å². The fraction of sp³-hybridized carbons (Fsp3) is 0.714. The van der Waals surface area contributed by atoms with Gasteiger partial charge in [0, 0.05) is 65.8 Å². The van der Waals surface area contributed by atoms with E-state index in [-0.39, 0.29) is 24.5 Å². The van der Waals surface area contributed by atoms with Crippen molar-refractivity contribution in [2.24, 2.45) is 5.41 Å². The van der Waals surface area contributed by atoms with Crippen molar-refractivity contribution in [2.75, 3.05) is 18.1 Å². The molecule has 1 saturated carbocycles. The molecule has 3 heterocycles. The summed E-state index contributed by atoms with van der Waals surface area (Å²) in [5, 5.41) is 3.60. The minimum absolute atomic E-state index is 0.0485. The molecule has 4 rings (SSSR count). The number of hydrogen-bond acceptors (Lipinski definition) is 4. The maximum Gasteiger partial charge on any atom is 0.417 e. The van der Waals surface area contributed by atoms with E-state index in [1.165, 1.54) is 0 Å². The Morgan fingerprint density at radius 2 is 2.17 bits per heavy atom. The van der Waals surface area contributed by atoms with Gasteiger partial charge in [0.2, 0.25) is 5.91 Å². The molecule has 2 aliphatic heterocycles. The molecule has 2 fully saturated rings. The van der Waals surface area contributed by atoms with Crippen LogP contribution in [0.25, 0.3) is 0 Å². The Hall–Kier alpha value is -1.48. The molecule has 1 aromatic rings. The van der Waals surface area contributed by atoms with Gasteiger partial charge in [-0.3, -0.25) is 14.0 Å². The first kappa shape index (κ1) is 21.7. The number of fused-ring (bicyclic) bond motifs is 1. The number of aromatic nitrogens is 1. The molecule has 1 saturated heterocycles. The summed E-state index contributed by atoms with van der Waals surface area (Å²) in [6.07, 6.45) is 0.954. The van der Waals surface area contributed by atoms with Gasteiger partial charge in [0.25, 0.3) is 0 Å². The SMILES string of the molecule is CCC1(C(=O)N2CCc3ncc(C(F)(F)F)cc3C2)CCC(N[C@@H]2CCS(=O)C2)C1. The topological polar surface area (TPSA) is 62.3 Å². The smallest absolute Gasteiger partial charge is 0.337 e. The third kappa shape index (κ3) is 4.28. The highest BCUT2D eigenvalue weighted by atomic mass is 32.2. The third-order valence-corrected chi connectivity index (χ3v) is 8.41. The molecule has 1 aliphatic carbocycles. The Labute approximate surface area is 177 Å². The van der Waals surface area contributed by atoms with E-state index in [9.17, 15) is 22.2 Å². The van der Waals surface area contributed by atoms with Crippen LogP contribution in [-0.2, 0) is 34.7 Å². The lowest BCUT2D eigenvalue weighted by molar-refractivity contribution is -0.143. The molecule has 5 nitrogen and oxygen atoms in total. The van der Waals surface area contributed by atoms with E-state index in [4.69, 9.17) is 0 Å². The molecular formula is C21H28F3N3O2S. The minimum atomic E-state index is -4.44. The van der Waals surface area contributed by atoms with Gasteiger partial charge >= 0.3 is 6.18 Å². The van der Waals surface area contributed by atoms with Crippen molar-refractivity contribution < 1.29 is 22.2 Å². The summed E-state index contributed by atoms with van der Waals surface area (Å²) in [6, 6.07) is 1.62. The van der Waals surface area contributed by atoms with Crippen LogP contribution < -0.4 is 5.32 Å². The van der Waals surface area contributed by atoms with Crippen molar-refractivity contribution in [1.82, 2.24) is 15.2 Å². The monoisotopic (exact) mass is 443 g/mol. The van der Waals surface area contributed by atoms with E-state index >= 15 is 0 Å². The van der Waals surface area contributed by atoms with Crippen molar-refractivity contribution in [3.05, 3.63) is 29.1 Å². The Morgan fingerprint density at radius 3 is 2.83 bits per heavy atom. The molecule has 0 aromatic carbocycles. The summed E-state index contributed by atoms with van der Waals surface area (Å²) in [6.45, 7) is 2.70. The number of carbonyl (C=O) groups is 1. The first-order valence-electron chi connectivity index (χ1n) is 10.7. The lowest BCUT2D eigenvalue weighted by Crippen LogP contribution is -2.46. The van der Waals surface area contributed by atoms with Crippen LogP contribution >= 0.6 is 0 Å². The normalized spacial score (nSPS) is 31.7. The summed E-state index contributed by atoms with van der Waals surface area (Å²) in [5.74, 6) is 1.47. The van der Waals surface area contributed by atoms with E-state index in [1.54, 1.807) is 4.90 Å². The zero-order valence-corrected chi connectivity index (χ0v) is 18.0. The minimum Gasteiger partial charge on any atom is -0.337 e. The highest BCUT2D eigenvalue weighted by Gasteiger charge is 2.47.